The molecule has 0 atom stereocenters. The molecule has 1 saturated carbocycles. The monoisotopic (exact) mass is 378 g/mol. The van der Waals surface area contributed by atoms with Crippen LogP contribution in [-0.4, -0.2) is 24.9 Å². The fourth-order valence-corrected chi connectivity index (χ4v) is 5.31. The van der Waals surface area contributed by atoms with Gasteiger partial charge in [0.15, 0.2) is 0 Å². The van der Waals surface area contributed by atoms with Crippen LogP contribution in [0.3, 0.4) is 0 Å². The first-order valence-electron chi connectivity index (χ1n) is 10.1. The predicted molar refractivity (Wildman–Crippen MR) is 106 cm³/mol. The molecule has 1 spiro atoms. The summed E-state index contributed by atoms with van der Waals surface area (Å²) in [6, 6.07) is 12.3. The van der Waals surface area contributed by atoms with Crippen molar-refractivity contribution in [3.05, 3.63) is 59.4 Å². The number of hydrogen-bond donors (Lipinski definition) is 0. The van der Waals surface area contributed by atoms with Crippen molar-refractivity contribution in [1.29, 1.82) is 0 Å². The number of amides is 2. The molecule has 0 N–H and O–H groups in total. The molecule has 0 unspecified atom stereocenters. The minimum absolute atomic E-state index is 0.0559. The molecule has 5 rings (SSSR count). The SMILES string of the molecule is O=C1CCCN1c1ccccc1C(=O)N1CC2(CCCC2)c2c(F)cccc21. The molecule has 4 nitrogen and oxygen atoms in total. The third kappa shape index (κ3) is 2.49. The van der Waals surface area contributed by atoms with E-state index in [0.717, 1.165) is 32.1 Å². The van der Waals surface area contributed by atoms with Gasteiger partial charge in [-0.05, 0) is 43.5 Å². The number of carbonyl (C=O) groups is 2. The Morgan fingerprint density at radius 2 is 1.71 bits per heavy atom. The molecule has 2 fully saturated rings. The molecule has 2 amide bonds. The van der Waals surface area contributed by atoms with Gasteiger partial charge in [-0.25, -0.2) is 4.39 Å². The molecule has 0 radical (unpaired) electrons. The van der Waals surface area contributed by atoms with Crippen molar-refractivity contribution in [2.75, 3.05) is 22.9 Å². The third-order valence-corrected chi connectivity index (χ3v) is 6.58. The van der Waals surface area contributed by atoms with E-state index in [9.17, 15) is 14.0 Å². The summed E-state index contributed by atoms with van der Waals surface area (Å²) in [5.74, 6) is -0.302. The molecule has 28 heavy (non-hydrogen) atoms. The second-order valence-corrected chi connectivity index (χ2v) is 8.18. The van der Waals surface area contributed by atoms with E-state index in [0.29, 0.717) is 42.0 Å². The molecule has 1 saturated heterocycles. The van der Waals surface area contributed by atoms with Gasteiger partial charge < -0.3 is 9.80 Å². The Bertz CT molecular complexity index is 965. The van der Waals surface area contributed by atoms with Crippen LogP contribution in [0.25, 0.3) is 0 Å². The number of anilines is 2. The van der Waals surface area contributed by atoms with E-state index in [1.807, 2.05) is 24.3 Å². The number of nitrogens with zero attached hydrogens (tertiary/aromatic N) is 2. The summed E-state index contributed by atoms with van der Waals surface area (Å²) in [6.45, 7) is 1.16. The highest BCUT2D eigenvalue weighted by molar-refractivity contribution is 6.13. The van der Waals surface area contributed by atoms with Gasteiger partial charge in [-0.2, -0.15) is 0 Å². The highest BCUT2D eigenvalue weighted by Gasteiger charge is 2.48. The largest absolute Gasteiger partial charge is 0.312 e. The summed E-state index contributed by atoms with van der Waals surface area (Å²) in [5.41, 5.74) is 2.31. The lowest BCUT2D eigenvalue weighted by Gasteiger charge is -2.26. The van der Waals surface area contributed by atoms with Crippen LogP contribution in [0.15, 0.2) is 42.5 Å². The lowest BCUT2D eigenvalue weighted by atomic mass is 9.80. The first-order valence-corrected chi connectivity index (χ1v) is 10.1. The fraction of sp³-hybridized carbons (Fsp3) is 0.391. The van der Waals surface area contributed by atoms with E-state index in [1.165, 1.54) is 6.07 Å². The number of rotatable bonds is 2. The smallest absolute Gasteiger partial charge is 0.260 e. The second-order valence-electron chi connectivity index (χ2n) is 8.18. The minimum atomic E-state index is -0.269. The summed E-state index contributed by atoms with van der Waals surface area (Å²) in [4.78, 5) is 29.3. The van der Waals surface area contributed by atoms with Crippen molar-refractivity contribution in [3.8, 4) is 0 Å². The number of para-hydroxylation sites is 1. The van der Waals surface area contributed by atoms with Gasteiger partial charge in [0.25, 0.3) is 5.91 Å². The first-order chi connectivity index (χ1) is 13.6. The van der Waals surface area contributed by atoms with Crippen LogP contribution in [-0.2, 0) is 10.2 Å². The molecule has 2 aromatic carbocycles. The lowest BCUT2D eigenvalue weighted by Crippen LogP contribution is -2.37. The van der Waals surface area contributed by atoms with Gasteiger partial charge in [-0.1, -0.05) is 31.0 Å². The zero-order chi connectivity index (χ0) is 19.3. The highest BCUT2D eigenvalue weighted by Crippen LogP contribution is 2.51. The van der Waals surface area contributed by atoms with Gasteiger partial charge >= 0.3 is 0 Å². The van der Waals surface area contributed by atoms with Crippen molar-refractivity contribution in [2.45, 2.75) is 43.9 Å². The van der Waals surface area contributed by atoms with Crippen LogP contribution in [0.2, 0.25) is 0 Å². The molecular weight excluding hydrogens is 355 g/mol. The van der Waals surface area contributed by atoms with Gasteiger partial charge in [0.05, 0.1) is 16.9 Å². The minimum Gasteiger partial charge on any atom is -0.312 e. The normalized spacial score (nSPS) is 20.2. The Morgan fingerprint density at radius 3 is 2.46 bits per heavy atom. The summed E-state index contributed by atoms with van der Waals surface area (Å²) in [7, 11) is 0. The summed E-state index contributed by atoms with van der Waals surface area (Å²) in [5, 5.41) is 0. The maximum atomic E-state index is 14.8. The fourth-order valence-electron chi connectivity index (χ4n) is 5.31. The van der Waals surface area contributed by atoms with E-state index in [4.69, 9.17) is 0 Å². The average Bonchev–Trinajstić information content (AvgIpc) is 3.42. The zero-order valence-corrected chi connectivity index (χ0v) is 15.8. The number of benzene rings is 2. The highest BCUT2D eigenvalue weighted by atomic mass is 19.1. The van der Waals surface area contributed by atoms with Crippen LogP contribution in [0.1, 0.15) is 54.4 Å². The Kier molecular flexibility index (Phi) is 4.00. The number of fused-ring (bicyclic) bond motifs is 2. The molecular formula is C23H23FN2O2. The van der Waals surface area contributed by atoms with Crippen molar-refractivity contribution in [2.24, 2.45) is 0 Å². The predicted octanol–water partition coefficient (Wildman–Crippen LogP) is 4.42. The Hall–Kier alpha value is -2.69. The Balaban J connectivity index is 1.58. The van der Waals surface area contributed by atoms with Crippen LogP contribution in [0, 0.1) is 5.82 Å². The maximum absolute atomic E-state index is 14.8. The molecule has 144 valence electrons. The van der Waals surface area contributed by atoms with Gasteiger partial charge in [0.2, 0.25) is 5.91 Å². The summed E-state index contributed by atoms with van der Waals surface area (Å²) in [6.07, 6.45) is 5.28. The van der Waals surface area contributed by atoms with Crippen LogP contribution < -0.4 is 9.80 Å². The van der Waals surface area contributed by atoms with E-state index in [1.54, 1.807) is 21.9 Å². The van der Waals surface area contributed by atoms with E-state index < -0.39 is 0 Å². The number of halogens is 1. The van der Waals surface area contributed by atoms with Gasteiger partial charge in [0.1, 0.15) is 5.82 Å². The van der Waals surface area contributed by atoms with Crippen LogP contribution in [0.4, 0.5) is 15.8 Å². The van der Waals surface area contributed by atoms with Crippen LogP contribution in [0.5, 0.6) is 0 Å². The molecule has 0 aromatic heterocycles. The molecule has 5 heteroatoms. The second kappa shape index (κ2) is 6.43. The van der Waals surface area contributed by atoms with E-state index in [-0.39, 0.29) is 23.0 Å². The number of carbonyl (C=O) groups excluding carboxylic acids is 2. The molecule has 0 bridgehead atoms. The quantitative estimate of drug-likeness (QED) is 0.776. The van der Waals surface area contributed by atoms with Crippen molar-refractivity contribution in [1.82, 2.24) is 0 Å². The van der Waals surface area contributed by atoms with E-state index >= 15 is 0 Å². The first kappa shape index (κ1) is 17.4. The molecule has 2 heterocycles. The number of hydrogen-bond acceptors (Lipinski definition) is 2. The van der Waals surface area contributed by atoms with Gasteiger partial charge in [-0.3, -0.25) is 9.59 Å². The maximum Gasteiger partial charge on any atom is 0.260 e. The summed E-state index contributed by atoms with van der Waals surface area (Å²) < 4.78 is 14.8. The van der Waals surface area contributed by atoms with Gasteiger partial charge in [-0.15, -0.1) is 0 Å². The van der Waals surface area contributed by atoms with Crippen LogP contribution >= 0.6 is 0 Å². The lowest BCUT2D eigenvalue weighted by molar-refractivity contribution is -0.117. The zero-order valence-electron chi connectivity index (χ0n) is 15.8. The van der Waals surface area contributed by atoms with Crippen molar-refractivity contribution >= 4 is 23.2 Å². The van der Waals surface area contributed by atoms with Crippen molar-refractivity contribution < 1.29 is 14.0 Å². The third-order valence-electron chi connectivity index (χ3n) is 6.58. The Labute approximate surface area is 163 Å². The molecule has 1 aliphatic carbocycles. The molecule has 2 aromatic rings. The Morgan fingerprint density at radius 1 is 0.964 bits per heavy atom. The molecule has 3 aliphatic rings. The topological polar surface area (TPSA) is 40.6 Å². The standard InChI is InChI=1S/C23H23FN2O2/c24-17-8-5-10-19-21(17)23(12-3-4-13-23)15-26(19)22(28)16-7-1-2-9-18(16)25-14-6-11-20(25)27/h1-2,5,7-10H,3-4,6,11-15H2. The van der Waals surface area contributed by atoms with Crippen molar-refractivity contribution in [3.63, 3.8) is 0 Å². The molecule has 2 aliphatic heterocycles. The average molecular weight is 378 g/mol. The van der Waals surface area contributed by atoms with E-state index in [2.05, 4.69) is 0 Å². The summed E-state index contributed by atoms with van der Waals surface area (Å²) >= 11 is 0. The van der Waals surface area contributed by atoms with Gasteiger partial charge in [0, 0.05) is 30.5 Å².